The van der Waals surface area contributed by atoms with Gasteiger partial charge in [0.05, 0.1) is 3.57 Å². The Labute approximate surface area is 89.9 Å². The molecule has 0 fully saturated rings. The average Bonchev–Trinajstić information content (AvgIpc) is 2.07. The third-order valence-corrected chi connectivity index (χ3v) is 3.36. The minimum atomic E-state index is 0.601. The van der Waals surface area contributed by atoms with E-state index in [-0.39, 0.29) is 0 Å². The lowest BCUT2D eigenvalue weighted by atomic mass is 10.1. The molecule has 1 aliphatic rings. The van der Waals surface area contributed by atoms with E-state index < -0.39 is 0 Å². The number of hydrogen-bond donors (Lipinski definition) is 1. The van der Waals surface area contributed by atoms with E-state index in [4.69, 9.17) is 11.6 Å². The normalized spacial score (nSPS) is 15.2. The van der Waals surface area contributed by atoms with Crippen LogP contribution >= 0.6 is 34.2 Å². The number of nitrogens with one attached hydrogen (secondary N) is 1. The summed E-state index contributed by atoms with van der Waals surface area (Å²) < 4.78 is 1.04. The Kier molecular flexibility index (Phi) is 2.41. The van der Waals surface area contributed by atoms with Gasteiger partial charge in [-0.1, -0.05) is 11.6 Å². The molecular formula is C8H8ClIN2. The lowest BCUT2D eigenvalue weighted by Gasteiger charge is -2.16. The third-order valence-electron chi connectivity index (χ3n) is 1.93. The molecule has 0 radical (unpaired) electrons. The maximum atomic E-state index is 5.89. The van der Waals surface area contributed by atoms with E-state index in [0.29, 0.717) is 5.15 Å². The first-order chi connectivity index (χ1) is 5.77. The molecule has 0 saturated carbocycles. The number of pyridine rings is 1. The fourth-order valence-electron chi connectivity index (χ4n) is 1.33. The molecule has 64 valence electrons. The fourth-order valence-corrected chi connectivity index (χ4v) is 1.97. The molecule has 0 unspecified atom stereocenters. The monoisotopic (exact) mass is 294 g/mol. The van der Waals surface area contributed by atoms with Crippen molar-refractivity contribution in [3.8, 4) is 0 Å². The van der Waals surface area contributed by atoms with Crippen LogP contribution in [0.1, 0.15) is 12.0 Å². The molecule has 0 spiro atoms. The van der Waals surface area contributed by atoms with Crippen molar-refractivity contribution in [2.45, 2.75) is 12.8 Å². The molecule has 1 N–H and O–H groups in total. The standard InChI is InChI=1S/C8H8ClIN2/c9-7-6(10)4-5-2-1-3-11-8(5)12-7/h4H,1-3H2,(H,11,12). The van der Waals surface area contributed by atoms with Crippen molar-refractivity contribution in [3.63, 3.8) is 0 Å². The molecule has 0 saturated heterocycles. The first-order valence-corrected chi connectivity index (χ1v) is 5.32. The van der Waals surface area contributed by atoms with Crippen LogP contribution in [-0.4, -0.2) is 11.5 Å². The van der Waals surface area contributed by atoms with Crippen LogP contribution in [-0.2, 0) is 6.42 Å². The van der Waals surface area contributed by atoms with Gasteiger partial charge < -0.3 is 5.32 Å². The van der Waals surface area contributed by atoms with Gasteiger partial charge >= 0.3 is 0 Å². The van der Waals surface area contributed by atoms with Crippen molar-refractivity contribution in [2.24, 2.45) is 0 Å². The van der Waals surface area contributed by atoms with Crippen LogP contribution in [0.2, 0.25) is 5.15 Å². The third kappa shape index (κ3) is 1.52. The van der Waals surface area contributed by atoms with Crippen LogP contribution in [0.4, 0.5) is 5.82 Å². The van der Waals surface area contributed by atoms with Gasteiger partial charge in [0, 0.05) is 6.54 Å². The second-order valence-electron chi connectivity index (χ2n) is 2.80. The van der Waals surface area contributed by atoms with Crippen LogP contribution < -0.4 is 5.32 Å². The number of rotatable bonds is 0. The molecule has 12 heavy (non-hydrogen) atoms. The van der Waals surface area contributed by atoms with E-state index in [1.54, 1.807) is 0 Å². The molecule has 0 atom stereocenters. The number of aryl methyl sites for hydroxylation is 1. The number of halogens is 2. The van der Waals surface area contributed by atoms with Crippen LogP contribution in [0, 0.1) is 3.57 Å². The van der Waals surface area contributed by atoms with E-state index in [1.807, 2.05) is 0 Å². The molecule has 2 rings (SSSR count). The predicted octanol–water partition coefficient (Wildman–Crippen LogP) is 2.70. The van der Waals surface area contributed by atoms with Gasteiger partial charge in [0.1, 0.15) is 11.0 Å². The summed E-state index contributed by atoms with van der Waals surface area (Å²) >= 11 is 8.10. The van der Waals surface area contributed by atoms with Crippen molar-refractivity contribution in [1.29, 1.82) is 0 Å². The van der Waals surface area contributed by atoms with E-state index in [2.05, 4.69) is 39.0 Å². The first-order valence-electron chi connectivity index (χ1n) is 3.86. The van der Waals surface area contributed by atoms with Gasteiger partial charge in [0.2, 0.25) is 0 Å². The predicted molar refractivity (Wildman–Crippen MR) is 58.8 cm³/mol. The van der Waals surface area contributed by atoms with Gasteiger partial charge in [0.25, 0.3) is 0 Å². The summed E-state index contributed by atoms with van der Waals surface area (Å²) in [6, 6.07) is 2.11. The van der Waals surface area contributed by atoms with E-state index >= 15 is 0 Å². The largest absolute Gasteiger partial charge is 0.370 e. The zero-order valence-corrected chi connectivity index (χ0v) is 9.32. The molecular weight excluding hydrogens is 286 g/mol. The smallest absolute Gasteiger partial charge is 0.144 e. The number of nitrogens with zero attached hydrogens (tertiary/aromatic N) is 1. The zero-order chi connectivity index (χ0) is 8.55. The molecule has 1 aromatic heterocycles. The summed E-state index contributed by atoms with van der Waals surface area (Å²) in [5.74, 6) is 0.965. The number of anilines is 1. The van der Waals surface area contributed by atoms with Crippen LogP contribution in [0.3, 0.4) is 0 Å². The minimum absolute atomic E-state index is 0.601. The Bertz CT molecular complexity index is 283. The maximum Gasteiger partial charge on any atom is 0.144 e. The van der Waals surface area contributed by atoms with Gasteiger partial charge in [-0.3, -0.25) is 0 Å². The highest BCUT2D eigenvalue weighted by atomic mass is 127. The molecule has 0 aromatic carbocycles. The minimum Gasteiger partial charge on any atom is -0.370 e. The lowest BCUT2D eigenvalue weighted by Crippen LogP contribution is -2.13. The van der Waals surface area contributed by atoms with Crippen molar-refractivity contribution in [3.05, 3.63) is 20.4 Å². The van der Waals surface area contributed by atoms with Crippen molar-refractivity contribution in [2.75, 3.05) is 11.9 Å². The van der Waals surface area contributed by atoms with Gasteiger partial charge in [-0.05, 0) is 47.1 Å². The first kappa shape index (κ1) is 8.56. The Morgan fingerprint density at radius 2 is 2.42 bits per heavy atom. The second-order valence-corrected chi connectivity index (χ2v) is 4.32. The highest BCUT2D eigenvalue weighted by Gasteiger charge is 2.11. The summed E-state index contributed by atoms with van der Waals surface area (Å²) in [6.07, 6.45) is 2.30. The maximum absolute atomic E-state index is 5.89. The molecule has 1 aliphatic heterocycles. The summed E-state index contributed by atoms with van der Waals surface area (Å²) in [5.41, 5.74) is 1.29. The molecule has 2 heterocycles. The number of aromatic nitrogens is 1. The average molecular weight is 295 g/mol. The van der Waals surface area contributed by atoms with Gasteiger partial charge in [0.15, 0.2) is 0 Å². The molecule has 2 nitrogen and oxygen atoms in total. The van der Waals surface area contributed by atoms with Crippen molar-refractivity contribution in [1.82, 2.24) is 4.98 Å². The van der Waals surface area contributed by atoms with Crippen LogP contribution in [0.15, 0.2) is 6.07 Å². The van der Waals surface area contributed by atoms with Crippen molar-refractivity contribution >= 4 is 40.0 Å². The topological polar surface area (TPSA) is 24.9 Å². The SMILES string of the molecule is Clc1nc2c(cc1I)CCCN2. The summed E-state index contributed by atoms with van der Waals surface area (Å²) in [5, 5.41) is 3.83. The van der Waals surface area contributed by atoms with Crippen molar-refractivity contribution < 1.29 is 0 Å². The number of fused-ring (bicyclic) bond motifs is 1. The second kappa shape index (κ2) is 3.38. The fraction of sp³-hybridized carbons (Fsp3) is 0.375. The molecule has 1 aromatic rings. The van der Waals surface area contributed by atoms with E-state index in [1.165, 1.54) is 12.0 Å². The van der Waals surface area contributed by atoms with E-state index in [0.717, 1.165) is 22.4 Å². The highest BCUT2D eigenvalue weighted by molar-refractivity contribution is 14.1. The van der Waals surface area contributed by atoms with Crippen LogP contribution in [0.25, 0.3) is 0 Å². The van der Waals surface area contributed by atoms with Crippen LogP contribution in [0.5, 0.6) is 0 Å². The molecule has 0 bridgehead atoms. The van der Waals surface area contributed by atoms with Gasteiger partial charge in [-0.15, -0.1) is 0 Å². The Morgan fingerprint density at radius 1 is 1.58 bits per heavy atom. The summed E-state index contributed by atoms with van der Waals surface area (Å²) in [4.78, 5) is 4.26. The Morgan fingerprint density at radius 3 is 3.25 bits per heavy atom. The molecule has 4 heteroatoms. The summed E-state index contributed by atoms with van der Waals surface area (Å²) in [6.45, 7) is 1.01. The quantitative estimate of drug-likeness (QED) is 0.588. The zero-order valence-electron chi connectivity index (χ0n) is 6.40. The number of hydrogen-bond acceptors (Lipinski definition) is 2. The Balaban J connectivity index is 2.49. The Hall–Kier alpha value is -0.0300. The van der Waals surface area contributed by atoms with Gasteiger partial charge in [-0.25, -0.2) is 4.98 Å². The van der Waals surface area contributed by atoms with E-state index in [9.17, 15) is 0 Å². The lowest BCUT2D eigenvalue weighted by molar-refractivity contribution is 0.816. The molecule has 0 aliphatic carbocycles. The summed E-state index contributed by atoms with van der Waals surface area (Å²) in [7, 11) is 0. The highest BCUT2D eigenvalue weighted by Crippen LogP contribution is 2.25. The molecule has 0 amide bonds. The van der Waals surface area contributed by atoms with Gasteiger partial charge in [-0.2, -0.15) is 0 Å².